The Morgan fingerprint density at radius 3 is 2.57 bits per heavy atom. The van der Waals surface area contributed by atoms with Crippen molar-refractivity contribution in [2.24, 2.45) is 11.7 Å². The van der Waals surface area contributed by atoms with Gasteiger partial charge in [0.05, 0.1) is 0 Å². The maximum absolute atomic E-state index is 6.17. The number of halogens is 1. The van der Waals surface area contributed by atoms with E-state index < -0.39 is 0 Å². The molecule has 1 saturated carbocycles. The summed E-state index contributed by atoms with van der Waals surface area (Å²) >= 11 is 3.60. The standard InChI is InChI=1S/C18H29BrN2/c1-14(2)10-11-21(17-8-3-4-9-17)18(13-20)15-6-5-7-16(19)12-15/h5-7,12,14,17-18H,3-4,8-11,13,20H2,1-2H3. The molecule has 118 valence electrons. The van der Waals surface area contributed by atoms with Crippen LogP contribution in [-0.4, -0.2) is 24.0 Å². The molecule has 1 aromatic carbocycles. The van der Waals surface area contributed by atoms with Crippen LogP contribution in [0.1, 0.15) is 57.6 Å². The molecule has 0 radical (unpaired) electrons. The fraction of sp³-hybridized carbons (Fsp3) is 0.667. The molecule has 0 amide bonds. The van der Waals surface area contributed by atoms with E-state index in [1.54, 1.807) is 0 Å². The van der Waals surface area contributed by atoms with Crippen LogP contribution in [0.15, 0.2) is 28.7 Å². The molecule has 1 aliphatic carbocycles. The van der Waals surface area contributed by atoms with Crippen molar-refractivity contribution in [2.75, 3.05) is 13.1 Å². The number of nitrogens with zero attached hydrogens (tertiary/aromatic N) is 1. The molecule has 2 N–H and O–H groups in total. The lowest BCUT2D eigenvalue weighted by molar-refractivity contribution is 0.131. The zero-order valence-electron chi connectivity index (χ0n) is 13.4. The summed E-state index contributed by atoms with van der Waals surface area (Å²) in [5.41, 5.74) is 7.52. The zero-order chi connectivity index (χ0) is 15.2. The van der Waals surface area contributed by atoms with Crippen molar-refractivity contribution in [1.29, 1.82) is 0 Å². The second-order valence-corrected chi connectivity index (χ2v) is 7.58. The van der Waals surface area contributed by atoms with Crippen LogP contribution in [0.3, 0.4) is 0 Å². The number of nitrogens with two attached hydrogens (primary N) is 1. The Bertz CT molecular complexity index is 427. The number of hydrogen-bond donors (Lipinski definition) is 1. The summed E-state index contributed by atoms with van der Waals surface area (Å²) in [5, 5.41) is 0. The second-order valence-electron chi connectivity index (χ2n) is 6.67. The summed E-state index contributed by atoms with van der Waals surface area (Å²) in [4.78, 5) is 2.69. The van der Waals surface area contributed by atoms with Crippen LogP contribution in [-0.2, 0) is 0 Å². The molecule has 1 fully saturated rings. The van der Waals surface area contributed by atoms with E-state index in [0.717, 1.165) is 23.0 Å². The Morgan fingerprint density at radius 1 is 1.29 bits per heavy atom. The van der Waals surface area contributed by atoms with Gasteiger partial charge in [-0.25, -0.2) is 0 Å². The fourth-order valence-electron chi connectivity index (χ4n) is 3.41. The smallest absolute Gasteiger partial charge is 0.0473 e. The average molecular weight is 353 g/mol. The van der Waals surface area contributed by atoms with Gasteiger partial charge in [0, 0.05) is 23.1 Å². The van der Waals surface area contributed by atoms with Gasteiger partial charge in [0.2, 0.25) is 0 Å². The van der Waals surface area contributed by atoms with E-state index >= 15 is 0 Å². The van der Waals surface area contributed by atoms with Crippen molar-refractivity contribution in [2.45, 2.75) is 58.0 Å². The molecule has 21 heavy (non-hydrogen) atoms. The third kappa shape index (κ3) is 4.80. The number of hydrogen-bond acceptors (Lipinski definition) is 2. The molecule has 3 heteroatoms. The molecule has 0 aromatic heterocycles. The molecule has 1 atom stereocenters. The molecule has 0 saturated heterocycles. The molecule has 1 aromatic rings. The van der Waals surface area contributed by atoms with Crippen LogP contribution >= 0.6 is 15.9 Å². The molecule has 0 aliphatic heterocycles. The Balaban J connectivity index is 2.18. The minimum atomic E-state index is 0.351. The van der Waals surface area contributed by atoms with Gasteiger partial charge in [-0.1, -0.05) is 54.8 Å². The van der Waals surface area contributed by atoms with E-state index in [-0.39, 0.29) is 0 Å². The van der Waals surface area contributed by atoms with Gasteiger partial charge in [0.25, 0.3) is 0 Å². The van der Waals surface area contributed by atoms with E-state index in [9.17, 15) is 0 Å². The largest absolute Gasteiger partial charge is 0.329 e. The van der Waals surface area contributed by atoms with Gasteiger partial charge in [-0.3, -0.25) is 4.90 Å². The SMILES string of the molecule is CC(C)CCN(C1CCCC1)C(CN)c1cccc(Br)c1. The van der Waals surface area contributed by atoms with Gasteiger partial charge < -0.3 is 5.73 Å². The molecule has 0 heterocycles. The summed E-state index contributed by atoms with van der Waals surface area (Å²) in [7, 11) is 0. The van der Waals surface area contributed by atoms with Crippen LogP contribution < -0.4 is 5.73 Å². The summed E-state index contributed by atoms with van der Waals surface area (Å²) in [6.07, 6.45) is 6.67. The summed E-state index contributed by atoms with van der Waals surface area (Å²) in [6, 6.07) is 9.73. The van der Waals surface area contributed by atoms with Crippen molar-refractivity contribution in [3.63, 3.8) is 0 Å². The molecule has 2 nitrogen and oxygen atoms in total. The molecule has 2 rings (SSSR count). The van der Waals surface area contributed by atoms with Crippen LogP contribution in [0.25, 0.3) is 0 Å². The normalized spacial score (nSPS) is 17.8. The first-order valence-electron chi connectivity index (χ1n) is 8.33. The van der Waals surface area contributed by atoms with Crippen molar-refractivity contribution in [3.8, 4) is 0 Å². The van der Waals surface area contributed by atoms with Crippen LogP contribution in [0.4, 0.5) is 0 Å². The van der Waals surface area contributed by atoms with E-state index in [1.165, 1.54) is 37.7 Å². The monoisotopic (exact) mass is 352 g/mol. The van der Waals surface area contributed by atoms with E-state index in [0.29, 0.717) is 12.6 Å². The highest BCUT2D eigenvalue weighted by Crippen LogP contribution is 2.32. The van der Waals surface area contributed by atoms with Gasteiger partial charge in [0.15, 0.2) is 0 Å². The maximum Gasteiger partial charge on any atom is 0.0473 e. The van der Waals surface area contributed by atoms with Gasteiger partial charge in [-0.15, -0.1) is 0 Å². The lowest BCUT2D eigenvalue weighted by atomic mass is 10.0. The topological polar surface area (TPSA) is 29.3 Å². The Kier molecular flexibility index (Phi) is 6.72. The first kappa shape index (κ1) is 17.0. The van der Waals surface area contributed by atoms with Gasteiger partial charge in [0.1, 0.15) is 0 Å². The predicted molar refractivity (Wildman–Crippen MR) is 94.4 cm³/mol. The van der Waals surface area contributed by atoms with Crippen molar-refractivity contribution in [3.05, 3.63) is 34.3 Å². The van der Waals surface area contributed by atoms with Crippen LogP contribution in [0, 0.1) is 5.92 Å². The third-order valence-electron chi connectivity index (χ3n) is 4.62. The predicted octanol–water partition coefficient (Wildman–Crippen LogP) is 4.74. The van der Waals surface area contributed by atoms with E-state index in [1.807, 2.05) is 0 Å². The van der Waals surface area contributed by atoms with E-state index in [2.05, 4.69) is 58.9 Å². The Labute approximate surface area is 138 Å². The summed E-state index contributed by atoms with van der Waals surface area (Å²) in [6.45, 7) is 6.48. The van der Waals surface area contributed by atoms with Crippen molar-refractivity contribution >= 4 is 15.9 Å². The average Bonchev–Trinajstić information content (AvgIpc) is 2.97. The van der Waals surface area contributed by atoms with Crippen LogP contribution in [0.2, 0.25) is 0 Å². The van der Waals surface area contributed by atoms with Gasteiger partial charge in [-0.2, -0.15) is 0 Å². The van der Waals surface area contributed by atoms with Crippen LogP contribution in [0.5, 0.6) is 0 Å². The first-order valence-corrected chi connectivity index (χ1v) is 9.12. The fourth-order valence-corrected chi connectivity index (χ4v) is 3.83. The highest BCUT2D eigenvalue weighted by molar-refractivity contribution is 9.10. The lowest BCUT2D eigenvalue weighted by Crippen LogP contribution is -2.41. The molecular weight excluding hydrogens is 324 g/mol. The van der Waals surface area contributed by atoms with E-state index in [4.69, 9.17) is 5.73 Å². The quantitative estimate of drug-likeness (QED) is 0.767. The zero-order valence-corrected chi connectivity index (χ0v) is 15.0. The molecule has 0 spiro atoms. The summed E-state index contributed by atoms with van der Waals surface area (Å²) < 4.78 is 1.15. The van der Waals surface area contributed by atoms with Gasteiger partial charge in [-0.05, 0) is 49.4 Å². The minimum Gasteiger partial charge on any atom is -0.329 e. The Morgan fingerprint density at radius 2 is 2.00 bits per heavy atom. The second kappa shape index (κ2) is 8.30. The van der Waals surface area contributed by atoms with Crippen molar-refractivity contribution in [1.82, 2.24) is 4.90 Å². The molecule has 1 unspecified atom stereocenters. The third-order valence-corrected chi connectivity index (χ3v) is 5.11. The van der Waals surface area contributed by atoms with Gasteiger partial charge >= 0.3 is 0 Å². The molecular formula is C18H29BrN2. The number of benzene rings is 1. The maximum atomic E-state index is 6.17. The minimum absolute atomic E-state index is 0.351. The highest BCUT2D eigenvalue weighted by atomic mass is 79.9. The van der Waals surface area contributed by atoms with Crippen molar-refractivity contribution < 1.29 is 0 Å². The molecule has 0 bridgehead atoms. The number of rotatable bonds is 7. The Hall–Kier alpha value is -0.380. The summed E-state index contributed by atoms with van der Waals surface area (Å²) in [5.74, 6) is 0.745. The lowest BCUT2D eigenvalue weighted by Gasteiger charge is -2.37. The highest BCUT2D eigenvalue weighted by Gasteiger charge is 2.28. The first-order chi connectivity index (χ1) is 10.1. The molecule has 1 aliphatic rings.